The third-order valence-corrected chi connectivity index (χ3v) is 6.42. The molecule has 2 aliphatic rings. The molecule has 2 aliphatic heterocycles. The number of aliphatic hydroxyl groups excluding tert-OH is 1. The van der Waals surface area contributed by atoms with Gasteiger partial charge < -0.3 is 15.3 Å². The highest BCUT2D eigenvalue weighted by Crippen LogP contribution is 2.27. The van der Waals surface area contributed by atoms with Crippen LogP contribution in [0.4, 0.5) is 17.3 Å². The van der Waals surface area contributed by atoms with Crippen molar-refractivity contribution in [3.8, 4) is 6.07 Å². The lowest BCUT2D eigenvalue weighted by Gasteiger charge is -2.43. The molecule has 2 atom stereocenters. The average Bonchev–Trinajstić information content (AvgIpc) is 2.84. The van der Waals surface area contributed by atoms with Gasteiger partial charge in [-0.25, -0.2) is 9.97 Å². The third kappa shape index (κ3) is 4.28. The molecule has 0 aliphatic carbocycles. The van der Waals surface area contributed by atoms with E-state index >= 15 is 0 Å². The van der Waals surface area contributed by atoms with Crippen LogP contribution in [-0.2, 0) is 13.0 Å². The second-order valence-corrected chi connectivity index (χ2v) is 8.44. The van der Waals surface area contributed by atoms with Gasteiger partial charge in [0, 0.05) is 44.0 Å². The van der Waals surface area contributed by atoms with Gasteiger partial charge in [0.2, 0.25) is 0 Å². The van der Waals surface area contributed by atoms with Crippen LogP contribution in [0.15, 0.2) is 60.9 Å². The monoisotopic (exact) mass is 426 g/mol. The van der Waals surface area contributed by atoms with Crippen molar-refractivity contribution in [1.82, 2.24) is 14.9 Å². The van der Waals surface area contributed by atoms with Crippen LogP contribution in [0, 0.1) is 11.3 Å². The summed E-state index contributed by atoms with van der Waals surface area (Å²) in [6.07, 6.45) is 3.02. The summed E-state index contributed by atoms with van der Waals surface area (Å²) in [6, 6.07) is 20.1. The molecule has 2 aromatic carbocycles. The molecule has 0 amide bonds. The molecule has 0 bridgehead atoms. The van der Waals surface area contributed by atoms with Gasteiger partial charge in [-0.1, -0.05) is 30.3 Å². The summed E-state index contributed by atoms with van der Waals surface area (Å²) in [6.45, 7) is 3.27. The van der Waals surface area contributed by atoms with E-state index in [1.54, 1.807) is 12.1 Å². The van der Waals surface area contributed by atoms with Crippen molar-refractivity contribution in [2.75, 3.05) is 29.9 Å². The van der Waals surface area contributed by atoms with Gasteiger partial charge in [-0.15, -0.1) is 0 Å². The summed E-state index contributed by atoms with van der Waals surface area (Å²) in [5, 5.41) is 23.3. The summed E-state index contributed by atoms with van der Waals surface area (Å²) >= 11 is 0. The van der Waals surface area contributed by atoms with Crippen LogP contribution in [0.2, 0.25) is 0 Å². The molecule has 2 N–H and O–H groups in total. The minimum atomic E-state index is -0.437. The van der Waals surface area contributed by atoms with E-state index in [1.807, 2.05) is 18.2 Å². The number of aliphatic hydroxyl groups is 1. The highest BCUT2D eigenvalue weighted by molar-refractivity contribution is 5.61. The Morgan fingerprint density at radius 2 is 1.91 bits per heavy atom. The molecule has 3 heterocycles. The van der Waals surface area contributed by atoms with Crippen molar-refractivity contribution in [2.24, 2.45) is 0 Å². The highest BCUT2D eigenvalue weighted by atomic mass is 16.3. The van der Waals surface area contributed by atoms with Crippen LogP contribution in [-0.4, -0.2) is 51.8 Å². The number of nitrogens with zero attached hydrogens (tertiary/aromatic N) is 5. The fraction of sp³-hybridized carbons (Fsp3) is 0.320. The predicted octanol–water partition coefficient (Wildman–Crippen LogP) is 3.09. The zero-order chi connectivity index (χ0) is 21.9. The van der Waals surface area contributed by atoms with Crippen LogP contribution in [0.25, 0.3) is 0 Å². The Bertz CT molecular complexity index is 1140. The lowest BCUT2D eigenvalue weighted by molar-refractivity contribution is 0.0293. The maximum Gasteiger partial charge on any atom is 0.135 e. The smallest absolute Gasteiger partial charge is 0.135 e. The predicted molar refractivity (Wildman–Crippen MR) is 124 cm³/mol. The Balaban J connectivity index is 1.25. The van der Waals surface area contributed by atoms with Crippen LogP contribution in [0.5, 0.6) is 0 Å². The van der Waals surface area contributed by atoms with E-state index in [0.717, 1.165) is 44.0 Å². The van der Waals surface area contributed by atoms with Crippen molar-refractivity contribution in [1.29, 1.82) is 5.26 Å². The Morgan fingerprint density at radius 3 is 2.75 bits per heavy atom. The topological polar surface area (TPSA) is 88.3 Å². The van der Waals surface area contributed by atoms with Crippen molar-refractivity contribution in [3.63, 3.8) is 0 Å². The van der Waals surface area contributed by atoms with Crippen LogP contribution >= 0.6 is 0 Å². The van der Waals surface area contributed by atoms with Crippen LogP contribution < -0.4 is 10.2 Å². The standard InChI is InChI=1S/C25H26N6O/c26-14-18-4-3-7-21(12-18)29-24-13-25(28-17-27-24)31-11-9-22(23(32)16-31)30-10-8-19-5-1-2-6-20(19)15-30/h1-7,12-13,17,22-23,32H,8-11,15-16H2,(H,27,28,29)/t22-,23-/m1/s1. The Morgan fingerprint density at radius 1 is 1.03 bits per heavy atom. The zero-order valence-corrected chi connectivity index (χ0v) is 17.9. The number of β-amino-alcohol motifs (C(OH)–C–C–N with tert-alkyl or cyclic N) is 1. The minimum Gasteiger partial charge on any atom is -0.390 e. The number of rotatable bonds is 4. The first-order chi connectivity index (χ1) is 15.7. The highest BCUT2D eigenvalue weighted by Gasteiger charge is 2.34. The van der Waals surface area contributed by atoms with Crippen molar-refractivity contribution in [3.05, 3.63) is 77.6 Å². The van der Waals surface area contributed by atoms with E-state index in [2.05, 4.69) is 55.4 Å². The SMILES string of the molecule is N#Cc1cccc(Nc2cc(N3CC[C@@H](N4CCc5ccccc5C4)[C@H](O)C3)ncn2)c1. The molecule has 0 spiro atoms. The average molecular weight is 427 g/mol. The molecule has 32 heavy (non-hydrogen) atoms. The molecule has 7 nitrogen and oxygen atoms in total. The molecule has 1 saturated heterocycles. The molecule has 7 heteroatoms. The van der Waals surface area contributed by atoms with E-state index in [0.29, 0.717) is 17.9 Å². The van der Waals surface area contributed by atoms with E-state index < -0.39 is 6.10 Å². The summed E-state index contributed by atoms with van der Waals surface area (Å²) in [4.78, 5) is 13.3. The number of nitriles is 1. The summed E-state index contributed by atoms with van der Waals surface area (Å²) in [5.74, 6) is 1.45. The van der Waals surface area contributed by atoms with Gasteiger partial charge in [-0.3, -0.25) is 4.90 Å². The number of piperidine rings is 1. The summed E-state index contributed by atoms with van der Waals surface area (Å²) in [7, 11) is 0. The number of hydrogen-bond donors (Lipinski definition) is 2. The van der Waals surface area contributed by atoms with Gasteiger partial charge in [0.05, 0.1) is 17.7 Å². The van der Waals surface area contributed by atoms with Gasteiger partial charge >= 0.3 is 0 Å². The van der Waals surface area contributed by atoms with Crippen molar-refractivity contribution in [2.45, 2.75) is 31.5 Å². The van der Waals surface area contributed by atoms with E-state index in [4.69, 9.17) is 5.26 Å². The zero-order valence-electron chi connectivity index (χ0n) is 17.9. The van der Waals surface area contributed by atoms with Gasteiger partial charge in [0.1, 0.15) is 18.0 Å². The van der Waals surface area contributed by atoms with E-state index in [-0.39, 0.29) is 6.04 Å². The quantitative estimate of drug-likeness (QED) is 0.663. The molecular weight excluding hydrogens is 400 g/mol. The molecule has 1 fully saturated rings. The summed E-state index contributed by atoms with van der Waals surface area (Å²) < 4.78 is 0. The number of fused-ring (bicyclic) bond motifs is 1. The normalized spacial score (nSPS) is 20.9. The van der Waals surface area contributed by atoms with E-state index in [9.17, 15) is 5.11 Å². The fourth-order valence-electron chi connectivity index (χ4n) is 4.76. The molecule has 0 radical (unpaired) electrons. The van der Waals surface area contributed by atoms with Gasteiger partial charge in [0.25, 0.3) is 0 Å². The van der Waals surface area contributed by atoms with Crippen LogP contribution in [0.3, 0.4) is 0 Å². The van der Waals surface area contributed by atoms with Crippen molar-refractivity contribution < 1.29 is 5.11 Å². The molecule has 1 aromatic heterocycles. The molecule has 162 valence electrons. The lowest BCUT2D eigenvalue weighted by atomic mass is 9.94. The number of benzene rings is 2. The first-order valence-electron chi connectivity index (χ1n) is 11.0. The maximum absolute atomic E-state index is 11.0. The van der Waals surface area contributed by atoms with Gasteiger partial charge in [0.15, 0.2) is 0 Å². The molecule has 5 rings (SSSR count). The number of aromatic nitrogens is 2. The Hall–Kier alpha value is -3.47. The minimum absolute atomic E-state index is 0.160. The van der Waals surface area contributed by atoms with Gasteiger partial charge in [-0.05, 0) is 42.2 Å². The Kier molecular flexibility index (Phi) is 5.71. The number of hydrogen-bond acceptors (Lipinski definition) is 7. The summed E-state index contributed by atoms with van der Waals surface area (Å²) in [5.41, 5.74) is 4.20. The maximum atomic E-state index is 11.0. The third-order valence-electron chi connectivity index (χ3n) is 6.42. The molecule has 3 aromatic rings. The fourth-order valence-corrected chi connectivity index (χ4v) is 4.76. The second-order valence-electron chi connectivity index (χ2n) is 8.44. The Labute approximate surface area is 188 Å². The lowest BCUT2D eigenvalue weighted by Crippen LogP contribution is -2.55. The second kappa shape index (κ2) is 8.95. The largest absolute Gasteiger partial charge is 0.390 e. The molecular formula is C25H26N6O. The van der Waals surface area contributed by atoms with Gasteiger partial charge in [-0.2, -0.15) is 5.26 Å². The first kappa shape index (κ1) is 20.4. The first-order valence-corrected chi connectivity index (χ1v) is 11.0. The van der Waals surface area contributed by atoms with Crippen molar-refractivity contribution >= 4 is 17.3 Å². The number of anilines is 3. The van der Waals surface area contributed by atoms with Crippen LogP contribution in [0.1, 0.15) is 23.1 Å². The number of nitrogens with one attached hydrogen (secondary N) is 1. The van der Waals surface area contributed by atoms with E-state index in [1.165, 1.54) is 17.5 Å². The molecule has 0 unspecified atom stereocenters. The molecule has 0 saturated carbocycles.